The monoisotopic (exact) mass is 428 g/mol. The van der Waals surface area contributed by atoms with Crippen molar-refractivity contribution in [2.45, 2.75) is 24.7 Å². The summed E-state index contributed by atoms with van der Waals surface area (Å²) in [5.74, 6) is -1.18. The molecule has 0 unspecified atom stereocenters. The molecule has 2 rings (SSSR count). The maximum atomic E-state index is 13.8. The Labute approximate surface area is 154 Å². The van der Waals surface area contributed by atoms with Gasteiger partial charge in [0.15, 0.2) is 0 Å². The lowest BCUT2D eigenvalue weighted by Gasteiger charge is -2.09. The Kier molecular flexibility index (Phi) is 6.69. The molecule has 1 amide bonds. The molecule has 0 heterocycles. The fraction of sp³-hybridized carbons (Fsp3) is 0.235. The first-order valence-electron chi connectivity index (χ1n) is 7.69. The summed E-state index contributed by atoms with van der Waals surface area (Å²) in [6.07, 6.45) is 1.59. The highest BCUT2D eigenvalue weighted by atomic mass is 79.9. The molecule has 0 aliphatic heterocycles. The Morgan fingerprint density at radius 1 is 1.20 bits per heavy atom. The van der Waals surface area contributed by atoms with Crippen molar-refractivity contribution in [3.8, 4) is 0 Å². The van der Waals surface area contributed by atoms with Gasteiger partial charge in [0, 0.05) is 16.6 Å². The number of hydrogen-bond acceptors (Lipinski definition) is 3. The lowest BCUT2D eigenvalue weighted by Crippen LogP contribution is -2.25. The number of halogens is 2. The second kappa shape index (κ2) is 8.55. The van der Waals surface area contributed by atoms with Crippen LogP contribution in [0.15, 0.2) is 51.8 Å². The molecule has 0 spiro atoms. The fourth-order valence-corrected chi connectivity index (χ4v) is 3.51. The number of unbranched alkanes of at least 4 members (excludes halogenated alkanes) is 1. The second-order valence-corrected chi connectivity index (χ2v) is 8.04. The Morgan fingerprint density at radius 3 is 2.64 bits per heavy atom. The van der Waals surface area contributed by atoms with E-state index in [1.807, 2.05) is 6.92 Å². The number of carbonyl (C=O) groups excluding carboxylic acids is 1. The summed E-state index contributed by atoms with van der Waals surface area (Å²) in [6, 6.07) is 9.86. The van der Waals surface area contributed by atoms with Crippen LogP contribution in [0.25, 0.3) is 0 Å². The zero-order valence-corrected chi connectivity index (χ0v) is 16.0. The van der Waals surface area contributed by atoms with Crippen molar-refractivity contribution in [1.29, 1.82) is 0 Å². The van der Waals surface area contributed by atoms with Crippen LogP contribution >= 0.6 is 15.9 Å². The van der Waals surface area contributed by atoms with Gasteiger partial charge in [-0.1, -0.05) is 35.3 Å². The van der Waals surface area contributed by atoms with E-state index in [-0.39, 0.29) is 16.1 Å². The van der Waals surface area contributed by atoms with Crippen LogP contribution in [0.2, 0.25) is 0 Å². The molecular weight excluding hydrogens is 411 g/mol. The van der Waals surface area contributed by atoms with Gasteiger partial charge in [-0.3, -0.25) is 4.79 Å². The van der Waals surface area contributed by atoms with Crippen molar-refractivity contribution >= 4 is 37.5 Å². The molecule has 0 atom stereocenters. The molecule has 0 saturated carbocycles. The quantitative estimate of drug-likeness (QED) is 0.656. The van der Waals surface area contributed by atoms with Crippen LogP contribution in [-0.4, -0.2) is 20.9 Å². The average Bonchev–Trinajstić information content (AvgIpc) is 2.57. The van der Waals surface area contributed by atoms with E-state index in [1.165, 1.54) is 36.4 Å². The van der Waals surface area contributed by atoms with Crippen molar-refractivity contribution in [1.82, 2.24) is 4.72 Å². The SMILES string of the molecule is CCCCNS(=O)(=O)c1cccc(C(=O)Nc2ccc(Br)cc2F)c1. The van der Waals surface area contributed by atoms with Crippen LogP contribution in [0.3, 0.4) is 0 Å². The molecule has 134 valence electrons. The number of carbonyl (C=O) groups is 1. The third-order valence-electron chi connectivity index (χ3n) is 3.41. The van der Waals surface area contributed by atoms with E-state index in [0.29, 0.717) is 11.0 Å². The van der Waals surface area contributed by atoms with E-state index >= 15 is 0 Å². The minimum Gasteiger partial charge on any atom is -0.319 e. The highest BCUT2D eigenvalue weighted by Crippen LogP contribution is 2.20. The standard InChI is InChI=1S/C17H18BrFN2O3S/c1-2-3-9-20-25(23,24)14-6-4-5-12(10-14)17(22)21-16-8-7-13(18)11-15(16)19/h4-8,10-11,20H,2-3,9H2,1H3,(H,21,22). The van der Waals surface area contributed by atoms with Crippen molar-refractivity contribution < 1.29 is 17.6 Å². The van der Waals surface area contributed by atoms with E-state index < -0.39 is 21.7 Å². The number of amides is 1. The molecule has 0 aliphatic rings. The predicted octanol–water partition coefficient (Wildman–Crippen LogP) is 3.92. The molecule has 0 saturated heterocycles. The summed E-state index contributed by atoms with van der Waals surface area (Å²) in [4.78, 5) is 12.3. The van der Waals surface area contributed by atoms with Crippen LogP contribution in [0.4, 0.5) is 10.1 Å². The van der Waals surface area contributed by atoms with Gasteiger partial charge in [-0.05, 0) is 42.8 Å². The Balaban J connectivity index is 2.18. The van der Waals surface area contributed by atoms with Crippen molar-refractivity contribution in [3.63, 3.8) is 0 Å². The average molecular weight is 429 g/mol. The first kappa shape index (κ1) is 19.6. The molecule has 0 bridgehead atoms. The minimum atomic E-state index is -3.69. The van der Waals surface area contributed by atoms with Crippen LogP contribution in [0, 0.1) is 5.82 Å². The zero-order valence-electron chi connectivity index (χ0n) is 13.6. The summed E-state index contributed by atoms with van der Waals surface area (Å²) in [5.41, 5.74) is 0.142. The fourth-order valence-electron chi connectivity index (χ4n) is 2.06. The van der Waals surface area contributed by atoms with E-state index in [2.05, 4.69) is 26.0 Å². The van der Waals surface area contributed by atoms with Gasteiger partial charge in [0.05, 0.1) is 10.6 Å². The number of hydrogen-bond donors (Lipinski definition) is 2. The highest BCUT2D eigenvalue weighted by molar-refractivity contribution is 9.10. The zero-order chi connectivity index (χ0) is 18.4. The van der Waals surface area contributed by atoms with Crippen molar-refractivity contribution in [3.05, 3.63) is 58.3 Å². The summed E-state index contributed by atoms with van der Waals surface area (Å²) >= 11 is 3.14. The third kappa shape index (κ3) is 5.35. The molecule has 0 aliphatic carbocycles. The van der Waals surface area contributed by atoms with Gasteiger partial charge in [0.25, 0.3) is 5.91 Å². The summed E-state index contributed by atoms with van der Waals surface area (Å²) in [5, 5.41) is 2.43. The Morgan fingerprint density at radius 2 is 1.96 bits per heavy atom. The van der Waals surface area contributed by atoms with E-state index in [0.717, 1.165) is 12.8 Å². The van der Waals surface area contributed by atoms with Gasteiger partial charge >= 0.3 is 0 Å². The second-order valence-electron chi connectivity index (χ2n) is 5.36. The van der Waals surface area contributed by atoms with E-state index in [9.17, 15) is 17.6 Å². The topological polar surface area (TPSA) is 75.3 Å². The number of sulfonamides is 1. The first-order valence-corrected chi connectivity index (χ1v) is 9.97. The Bertz CT molecular complexity index is 872. The minimum absolute atomic E-state index is 0.00692. The molecule has 0 fully saturated rings. The molecule has 2 aromatic rings. The van der Waals surface area contributed by atoms with Crippen LogP contribution in [-0.2, 0) is 10.0 Å². The van der Waals surface area contributed by atoms with Crippen LogP contribution in [0.1, 0.15) is 30.1 Å². The van der Waals surface area contributed by atoms with Gasteiger partial charge in [0.1, 0.15) is 5.82 Å². The molecule has 2 aromatic carbocycles. The molecule has 0 aromatic heterocycles. The van der Waals surface area contributed by atoms with E-state index in [4.69, 9.17) is 0 Å². The van der Waals surface area contributed by atoms with Crippen molar-refractivity contribution in [2.24, 2.45) is 0 Å². The molecule has 2 N–H and O–H groups in total. The van der Waals surface area contributed by atoms with Gasteiger partial charge in [-0.25, -0.2) is 17.5 Å². The van der Waals surface area contributed by atoms with Gasteiger partial charge in [-0.2, -0.15) is 0 Å². The molecular formula is C17H18BrFN2O3S. The van der Waals surface area contributed by atoms with Gasteiger partial charge < -0.3 is 5.32 Å². The third-order valence-corrected chi connectivity index (χ3v) is 5.36. The van der Waals surface area contributed by atoms with Crippen molar-refractivity contribution in [2.75, 3.05) is 11.9 Å². The maximum Gasteiger partial charge on any atom is 0.255 e. The van der Waals surface area contributed by atoms with Gasteiger partial charge in [-0.15, -0.1) is 0 Å². The predicted molar refractivity (Wildman–Crippen MR) is 98.6 cm³/mol. The molecule has 8 heteroatoms. The highest BCUT2D eigenvalue weighted by Gasteiger charge is 2.16. The lowest BCUT2D eigenvalue weighted by molar-refractivity contribution is 0.102. The first-order chi connectivity index (χ1) is 11.8. The van der Waals surface area contributed by atoms with Crippen LogP contribution in [0.5, 0.6) is 0 Å². The summed E-state index contributed by atoms with van der Waals surface area (Å²) in [7, 11) is -3.69. The summed E-state index contributed by atoms with van der Waals surface area (Å²) < 4.78 is 41.3. The maximum absolute atomic E-state index is 13.8. The number of benzene rings is 2. The smallest absolute Gasteiger partial charge is 0.255 e. The molecule has 25 heavy (non-hydrogen) atoms. The Hall–Kier alpha value is -1.77. The molecule has 0 radical (unpaired) electrons. The largest absolute Gasteiger partial charge is 0.319 e. The number of nitrogens with one attached hydrogen (secondary N) is 2. The van der Waals surface area contributed by atoms with Crippen LogP contribution < -0.4 is 10.0 Å². The normalized spacial score (nSPS) is 11.3. The van der Waals surface area contributed by atoms with E-state index in [1.54, 1.807) is 6.07 Å². The van der Waals surface area contributed by atoms with Gasteiger partial charge in [0.2, 0.25) is 10.0 Å². The summed E-state index contributed by atoms with van der Waals surface area (Å²) in [6.45, 7) is 2.29. The number of anilines is 1. The molecule has 5 nitrogen and oxygen atoms in total. The number of rotatable bonds is 7. The lowest BCUT2D eigenvalue weighted by atomic mass is 10.2.